The maximum absolute atomic E-state index is 5.76. The quantitative estimate of drug-likeness (QED) is 0.727. The third kappa shape index (κ3) is 3.43. The monoisotopic (exact) mass is 228 g/mol. The van der Waals surface area contributed by atoms with E-state index in [-0.39, 0.29) is 6.10 Å². The largest absolute Gasteiger partial charge is 0.373 e. The Hall–Kier alpha value is -0.670. The fraction of sp³-hybridized carbons (Fsp3) is 0.636. The van der Waals surface area contributed by atoms with E-state index in [0.717, 1.165) is 30.1 Å². The normalized spacial score (nSPS) is 12.8. The van der Waals surface area contributed by atoms with Crippen molar-refractivity contribution in [2.24, 2.45) is 0 Å². The molecule has 0 N–H and O–H groups in total. The summed E-state index contributed by atoms with van der Waals surface area (Å²) < 4.78 is 5.36. The number of hydrogen-bond acceptors (Lipinski definition) is 3. The Balaban J connectivity index is 2.95. The Morgan fingerprint density at radius 1 is 1.47 bits per heavy atom. The van der Waals surface area contributed by atoms with E-state index in [9.17, 15) is 0 Å². The first-order chi connectivity index (χ1) is 7.21. The van der Waals surface area contributed by atoms with Crippen LogP contribution in [0.25, 0.3) is 0 Å². The second kappa shape index (κ2) is 6.03. The van der Waals surface area contributed by atoms with Gasteiger partial charge in [0.1, 0.15) is 6.10 Å². The van der Waals surface area contributed by atoms with Crippen molar-refractivity contribution in [3.63, 3.8) is 0 Å². The average molecular weight is 229 g/mol. The topological polar surface area (TPSA) is 35.0 Å². The molecule has 15 heavy (non-hydrogen) atoms. The lowest BCUT2D eigenvalue weighted by molar-refractivity contribution is 0.0873. The number of nitrogens with zero attached hydrogens (tertiary/aromatic N) is 2. The molecule has 0 aliphatic heterocycles. The summed E-state index contributed by atoms with van der Waals surface area (Å²) >= 11 is 5.76. The fourth-order valence-electron chi connectivity index (χ4n) is 1.49. The van der Waals surface area contributed by atoms with Crippen LogP contribution in [0.2, 0.25) is 0 Å². The van der Waals surface area contributed by atoms with E-state index in [0.29, 0.717) is 5.88 Å². The molecule has 0 radical (unpaired) electrons. The van der Waals surface area contributed by atoms with Crippen LogP contribution in [-0.4, -0.2) is 17.1 Å². The molecule has 4 heteroatoms. The van der Waals surface area contributed by atoms with Crippen LogP contribution in [0.4, 0.5) is 0 Å². The summed E-state index contributed by atoms with van der Waals surface area (Å²) in [5.41, 5.74) is 1.80. The fourth-order valence-corrected chi connectivity index (χ4v) is 1.62. The van der Waals surface area contributed by atoms with E-state index in [1.54, 1.807) is 7.11 Å². The summed E-state index contributed by atoms with van der Waals surface area (Å²) in [5, 5.41) is 0. The molecule has 1 aromatic heterocycles. The van der Waals surface area contributed by atoms with Crippen molar-refractivity contribution in [3.8, 4) is 0 Å². The van der Waals surface area contributed by atoms with Gasteiger partial charge in [-0.1, -0.05) is 13.3 Å². The van der Waals surface area contributed by atoms with Gasteiger partial charge in [0.2, 0.25) is 0 Å². The molecule has 0 aliphatic carbocycles. The Morgan fingerprint density at radius 2 is 2.20 bits per heavy atom. The summed E-state index contributed by atoms with van der Waals surface area (Å²) in [4.78, 5) is 8.75. The predicted octanol–water partition coefficient (Wildman–Crippen LogP) is 3.01. The van der Waals surface area contributed by atoms with E-state index in [1.807, 2.05) is 13.0 Å². The van der Waals surface area contributed by atoms with Crippen LogP contribution >= 0.6 is 11.6 Å². The van der Waals surface area contributed by atoms with E-state index < -0.39 is 0 Å². The van der Waals surface area contributed by atoms with Gasteiger partial charge in [0.25, 0.3) is 0 Å². The second-order valence-corrected chi connectivity index (χ2v) is 3.77. The smallest absolute Gasteiger partial charge is 0.157 e. The number of hydrogen-bond donors (Lipinski definition) is 0. The second-order valence-electron chi connectivity index (χ2n) is 3.51. The minimum Gasteiger partial charge on any atom is -0.373 e. The summed E-state index contributed by atoms with van der Waals surface area (Å²) in [5.74, 6) is 1.16. The number of methoxy groups -OCH3 is 1. The third-order valence-corrected chi connectivity index (χ3v) is 2.46. The SMILES string of the molecule is CCCC(OC)c1nc(C)cc(CCl)n1. The highest BCUT2D eigenvalue weighted by molar-refractivity contribution is 6.16. The van der Waals surface area contributed by atoms with Gasteiger partial charge in [-0.15, -0.1) is 11.6 Å². The van der Waals surface area contributed by atoms with Crippen molar-refractivity contribution in [3.05, 3.63) is 23.3 Å². The Labute approximate surface area is 95.8 Å². The van der Waals surface area contributed by atoms with Gasteiger partial charge in [0.15, 0.2) is 5.82 Å². The number of aromatic nitrogens is 2. The molecule has 0 amide bonds. The Morgan fingerprint density at radius 3 is 2.73 bits per heavy atom. The van der Waals surface area contributed by atoms with Crippen LogP contribution in [0.1, 0.15) is 43.1 Å². The van der Waals surface area contributed by atoms with Crippen molar-refractivity contribution in [1.82, 2.24) is 9.97 Å². The summed E-state index contributed by atoms with van der Waals surface area (Å²) in [6, 6.07) is 1.90. The molecule has 84 valence electrons. The minimum absolute atomic E-state index is 0.0168. The van der Waals surface area contributed by atoms with Crippen molar-refractivity contribution in [2.45, 2.75) is 38.7 Å². The molecule has 0 spiro atoms. The minimum atomic E-state index is -0.0168. The van der Waals surface area contributed by atoms with Gasteiger partial charge in [-0.2, -0.15) is 0 Å². The molecule has 1 unspecified atom stereocenters. The average Bonchev–Trinajstić information content (AvgIpc) is 2.24. The first-order valence-corrected chi connectivity index (χ1v) is 5.68. The van der Waals surface area contributed by atoms with Gasteiger partial charge in [-0.3, -0.25) is 0 Å². The lowest BCUT2D eigenvalue weighted by Gasteiger charge is -2.13. The maximum atomic E-state index is 5.76. The Kier molecular flexibility index (Phi) is 4.99. The molecule has 0 aliphatic rings. The van der Waals surface area contributed by atoms with E-state index in [2.05, 4.69) is 16.9 Å². The molecule has 0 bridgehead atoms. The third-order valence-electron chi connectivity index (χ3n) is 2.18. The number of ether oxygens (including phenoxy) is 1. The van der Waals surface area contributed by atoms with Crippen LogP contribution in [0.15, 0.2) is 6.07 Å². The van der Waals surface area contributed by atoms with Gasteiger partial charge in [-0.05, 0) is 19.4 Å². The van der Waals surface area contributed by atoms with Gasteiger partial charge in [-0.25, -0.2) is 9.97 Å². The maximum Gasteiger partial charge on any atom is 0.157 e. The predicted molar refractivity (Wildman–Crippen MR) is 61.0 cm³/mol. The molecule has 0 fully saturated rings. The van der Waals surface area contributed by atoms with Gasteiger partial charge < -0.3 is 4.74 Å². The zero-order chi connectivity index (χ0) is 11.3. The number of aryl methyl sites for hydroxylation is 1. The molecule has 0 saturated heterocycles. The molecule has 1 rings (SSSR count). The highest BCUT2D eigenvalue weighted by Crippen LogP contribution is 2.19. The zero-order valence-corrected chi connectivity index (χ0v) is 10.2. The molecule has 3 nitrogen and oxygen atoms in total. The molecular formula is C11H17ClN2O. The highest BCUT2D eigenvalue weighted by atomic mass is 35.5. The lowest BCUT2D eigenvalue weighted by atomic mass is 10.2. The molecular weight excluding hydrogens is 212 g/mol. The van der Waals surface area contributed by atoms with Crippen molar-refractivity contribution in [1.29, 1.82) is 0 Å². The molecule has 1 heterocycles. The number of alkyl halides is 1. The van der Waals surface area contributed by atoms with Crippen molar-refractivity contribution >= 4 is 11.6 Å². The van der Waals surface area contributed by atoms with Crippen LogP contribution < -0.4 is 0 Å². The van der Waals surface area contributed by atoms with Crippen molar-refractivity contribution < 1.29 is 4.74 Å². The zero-order valence-electron chi connectivity index (χ0n) is 9.46. The number of halogens is 1. The molecule has 1 atom stereocenters. The standard InChI is InChI=1S/C11H17ClN2O/c1-4-5-10(15-3)11-13-8(2)6-9(7-12)14-11/h6,10H,4-5,7H2,1-3H3. The van der Waals surface area contributed by atoms with Gasteiger partial charge in [0, 0.05) is 12.8 Å². The van der Waals surface area contributed by atoms with Crippen LogP contribution in [0.5, 0.6) is 0 Å². The molecule has 0 aromatic carbocycles. The van der Waals surface area contributed by atoms with Crippen LogP contribution in [0.3, 0.4) is 0 Å². The first kappa shape index (κ1) is 12.4. The molecule has 0 saturated carbocycles. The van der Waals surface area contributed by atoms with Gasteiger partial charge in [0.05, 0.1) is 11.6 Å². The van der Waals surface area contributed by atoms with Crippen LogP contribution in [-0.2, 0) is 10.6 Å². The Bertz CT molecular complexity index is 317. The molecule has 1 aromatic rings. The van der Waals surface area contributed by atoms with E-state index >= 15 is 0 Å². The summed E-state index contributed by atoms with van der Waals surface area (Å²) in [6.45, 7) is 4.06. The lowest BCUT2D eigenvalue weighted by Crippen LogP contribution is -2.09. The first-order valence-electron chi connectivity index (χ1n) is 5.14. The van der Waals surface area contributed by atoms with Crippen molar-refractivity contribution in [2.75, 3.05) is 7.11 Å². The highest BCUT2D eigenvalue weighted by Gasteiger charge is 2.13. The van der Waals surface area contributed by atoms with E-state index in [4.69, 9.17) is 16.3 Å². The summed E-state index contributed by atoms with van der Waals surface area (Å²) in [6.07, 6.45) is 1.96. The van der Waals surface area contributed by atoms with Gasteiger partial charge >= 0.3 is 0 Å². The number of rotatable bonds is 5. The van der Waals surface area contributed by atoms with Crippen LogP contribution in [0, 0.1) is 6.92 Å². The van der Waals surface area contributed by atoms with E-state index in [1.165, 1.54) is 0 Å². The summed E-state index contributed by atoms with van der Waals surface area (Å²) in [7, 11) is 1.69.